The van der Waals surface area contributed by atoms with Crippen LogP contribution >= 0.6 is 0 Å². The monoisotopic (exact) mass is 412 g/mol. The summed E-state index contributed by atoms with van der Waals surface area (Å²) in [6.07, 6.45) is 0.754. The lowest BCUT2D eigenvalue weighted by Crippen LogP contribution is -2.25. The molecule has 0 unspecified atom stereocenters. The molecule has 2 heterocycles. The molecule has 0 saturated carbocycles. The van der Waals surface area contributed by atoms with Crippen LogP contribution in [0, 0.1) is 30.9 Å². The molecule has 1 amide bonds. The van der Waals surface area contributed by atoms with Gasteiger partial charge >= 0.3 is 0 Å². The zero-order valence-electron chi connectivity index (χ0n) is 17.2. The van der Waals surface area contributed by atoms with Crippen molar-refractivity contribution in [1.82, 2.24) is 15.1 Å². The van der Waals surface area contributed by atoms with Crippen LogP contribution in [0.15, 0.2) is 40.8 Å². The number of amides is 1. The van der Waals surface area contributed by atoms with Gasteiger partial charge in [-0.25, -0.2) is 0 Å². The molecule has 9 heteroatoms. The molecule has 1 aromatic carbocycles. The predicted octanol–water partition coefficient (Wildman–Crippen LogP) is 3.71. The predicted molar refractivity (Wildman–Crippen MR) is 110 cm³/mol. The van der Waals surface area contributed by atoms with Gasteiger partial charge in [0.1, 0.15) is 18.1 Å². The fourth-order valence-electron chi connectivity index (χ4n) is 3.07. The van der Waals surface area contributed by atoms with E-state index in [0.29, 0.717) is 23.6 Å². The van der Waals surface area contributed by atoms with E-state index in [-0.39, 0.29) is 24.0 Å². The van der Waals surface area contributed by atoms with E-state index in [0.717, 1.165) is 24.4 Å². The molecule has 3 aromatic rings. The van der Waals surface area contributed by atoms with Crippen molar-refractivity contribution in [2.45, 2.75) is 40.3 Å². The van der Waals surface area contributed by atoms with Crippen LogP contribution in [0.2, 0.25) is 0 Å². The number of nitrogens with zero attached hydrogens (tertiary/aromatic N) is 3. The van der Waals surface area contributed by atoms with Gasteiger partial charge in [0.15, 0.2) is 5.76 Å². The molecule has 30 heavy (non-hydrogen) atoms. The topological polar surface area (TPSA) is 112 Å². The number of nitro benzene ring substituents is 1. The summed E-state index contributed by atoms with van der Waals surface area (Å²) in [5.74, 6) is 0.892. The first kappa shape index (κ1) is 21.1. The number of carbonyl (C=O) groups excluding carboxylic acids is 1. The Morgan fingerprint density at radius 3 is 2.70 bits per heavy atom. The molecule has 0 radical (unpaired) electrons. The first-order chi connectivity index (χ1) is 14.3. The molecule has 158 valence electrons. The van der Waals surface area contributed by atoms with E-state index in [4.69, 9.17) is 9.15 Å². The van der Waals surface area contributed by atoms with Crippen LogP contribution in [0.4, 0.5) is 5.69 Å². The SMILES string of the molecule is Cc1cc(C)n(CCCNC(=O)c2ccc(COc3ccc([N+](=O)[O-])c(C)c3)o2)n1. The lowest BCUT2D eigenvalue weighted by atomic mass is 10.2. The van der Waals surface area contributed by atoms with Crippen molar-refractivity contribution in [2.75, 3.05) is 6.54 Å². The van der Waals surface area contributed by atoms with Gasteiger partial charge < -0.3 is 14.5 Å². The van der Waals surface area contributed by atoms with Crippen LogP contribution in [-0.2, 0) is 13.2 Å². The number of hydrogen-bond acceptors (Lipinski definition) is 6. The van der Waals surface area contributed by atoms with Crippen molar-refractivity contribution >= 4 is 11.6 Å². The molecule has 0 aliphatic heterocycles. The number of nitro groups is 1. The second-order valence-corrected chi connectivity index (χ2v) is 7.02. The maximum atomic E-state index is 12.2. The standard InChI is InChI=1S/C21H24N4O5/c1-14-11-17(5-7-19(14)25(27)28)29-13-18-6-8-20(30-18)21(26)22-9-4-10-24-16(3)12-15(2)23-24/h5-8,11-12H,4,9-10,13H2,1-3H3,(H,22,26). The van der Waals surface area contributed by atoms with Gasteiger partial charge in [0, 0.05) is 30.4 Å². The number of aryl methyl sites for hydroxylation is 4. The average molecular weight is 412 g/mol. The minimum atomic E-state index is -0.437. The fourth-order valence-corrected chi connectivity index (χ4v) is 3.07. The van der Waals surface area contributed by atoms with Crippen molar-refractivity contribution in [3.63, 3.8) is 0 Å². The molecule has 2 aromatic heterocycles. The minimum absolute atomic E-state index is 0.0390. The Hall–Kier alpha value is -3.62. The molecule has 0 bridgehead atoms. The maximum Gasteiger partial charge on any atom is 0.286 e. The van der Waals surface area contributed by atoms with Gasteiger partial charge in [0.2, 0.25) is 0 Å². The first-order valence-electron chi connectivity index (χ1n) is 9.59. The minimum Gasteiger partial charge on any atom is -0.486 e. The lowest BCUT2D eigenvalue weighted by Gasteiger charge is -2.06. The van der Waals surface area contributed by atoms with E-state index < -0.39 is 4.92 Å². The first-order valence-corrected chi connectivity index (χ1v) is 9.59. The summed E-state index contributed by atoms with van der Waals surface area (Å²) in [5.41, 5.74) is 2.62. The van der Waals surface area contributed by atoms with E-state index in [1.54, 1.807) is 25.1 Å². The fraction of sp³-hybridized carbons (Fsp3) is 0.333. The molecule has 9 nitrogen and oxygen atoms in total. The van der Waals surface area contributed by atoms with Gasteiger partial charge in [-0.3, -0.25) is 19.6 Å². The second kappa shape index (κ2) is 9.25. The van der Waals surface area contributed by atoms with Crippen molar-refractivity contribution in [1.29, 1.82) is 0 Å². The quantitative estimate of drug-likeness (QED) is 0.326. The van der Waals surface area contributed by atoms with E-state index in [1.165, 1.54) is 12.1 Å². The number of benzene rings is 1. The van der Waals surface area contributed by atoms with Gasteiger partial charge in [-0.05, 0) is 57.5 Å². The number of rotatable bonds is 9. The highest BCUT2D eigenvalue weighted by molar-refractivity contribution is 5.91. The number of furan rings is 1. The van der Waals surface area contributed by atoms with Crippen molar-refractivity contribution in [3.8, 4) is 5.75 Å². The Kier molecular flexibility index (Phi) is 6.51. The Morgan fingerprint density at radius 1 is 1.23 bits per heavy atom. The highest BCUT2D eigenvalue weighted by Gasteiger charge is 2.13. The summed E-state index contributed by atoms with van der Waals surface area (Å²) < 4.78 is 13.1. The third-order valence-electron chi connectivity index (χ3n) is 4.57. The number of aromatic nitrogens is 2. The average Bonchev–Trinajstić information content (AvgIpc) is 3.29. The van der Waals surface area contributed by atoms with Gasteiger partial charge in [-0.2, -0.15) is 5.10 Å². The van der Waals surface area contributed by atoms with E-state index in [2.05, 4.69) is 10.4 Å². The Labute approximate surface area is 173 Å². The van der Waals surface area contributed by atoms with Crippen LogP contribution in [0.3, 0.4) is 0 Å². The third-order valence-corrected chi connectivity index (χ3v) is 4.57. The van der Waals surface area contributed by atoms with Crippen LogP contribution in [0.1, 0.15) is 39.7 Å². The number of nitrogens with one attached hydrogen (secondary N) is 1. The largest absolute Gasteiger partial charge is 0.486 e. The summed E-state index contributed by atoms with van der Waals surface area (Å²) in [7, 11) is 0. The van der Waals surface area contributed by atoms with Crippen LogP contribution in [0.5, 0.6) is 5.75 Å². The zero-order chi connectivity index (χ0) is 21.7. The summed E-state index contributed by atoms with van der Waals surface area (Å²) in [6.45, 7) is 6.95. The molecule has 0 aliphatic carbocycles. The highest BCUT2D eigenvalue weighted by atomic mass is 16.6. The molecule has 0 saturated heterocycles. The molecular formula is C21H24N4O5. The van der Waals surface area contributed by atoms with Crippen LogP contribution in [0.25, 0.3) is 0 Å². The van der Waals surface area contributed by atoms with E-state index in [9.17, 15) is 14.9 Å². The summed E-state index contributed by atoms with van der Waals surface area (Å²) in [5, 5.41) is 18.1. The van der Waals surface area contributed by atoms with Crippen LogP contribution < -0.4 is 10.1 Å². The summed E-state index contributed by atoms with van der Waals surface area (Å²) >= 11 is 0. The normalized spacial score (nSPS) is 10.8. The van der Waals surface area contributed by atoms with Gasteiger partial charge in [-0.15, -0.1) is 0 Å². The third kappa shape index (κ3) is 5.25. The Morgan fingerprint density at radius 2 is 2.03 bits per heavy atom. The molecule has 0 fully saturated rings. The van der Waals surface area contributed by atoms with Crippen molar-refractivity contribution < 1.29 is 18.9 Å². The Balaban J connectivity index is 1.46. The molecule has 0 atom stereocenters. The smallest absolute Gasteiger partial charge is 0.286 e. The molecule has 1 N–H and O–H groups in total. The van der Waals surface area contributed by atoms with Crippen LogP contribution in [-0.4, -0.2) is 27.2 Å². The number of ether oxygens (including phenoxy) is 1. The van der Waals surface area contributed by atoms with Gasteiger partial charge in [0.05, 0.1) is 10.6 Å². The van der Waals surface area contributed by atoms with Gasteiger partial charge in [-0.1, -0.05) is 0 Å². The summed E-state index contributed by atoms with van der Waals surface area (Å²) in [6, 6.07) is 9.81. The second-order valence-electron chi connectivity index (χ2n) is 7.02. The lowest BCUT2D eigenvalue weighted by molar-refractivity contribution is -0.385. The van der Waals surface area contributed by atoms with Crippen molar-refractivity contribution in [3.05, 3.63) is 75.0 Å². The van der Waals surface area contributed by atoms with Gasteiger partial charge in [0.25, 0.3) is 11.6 Å². The molecule has 0 spiro atoms. The Bertz CT molecular complexity index is 1050. The van der Waals surface area contributed by atoms with E-state index in [1.807, 2.05) is 24.6 Å². The molecule has 0 aliphatic rings. The van der Waals surface area contributed by atoms with E-state index >= 15 is 0 Å². The highest BCUT2D eigenvalue weighted by Crippen LogP contribution is 2.24. The number of carbonyl (C=O) groups is 1. The zero-order valence-corrected chi connectivity index (χ0v) is 17.2. The molecule has 3 rings (SSSR count). The maximum absolute atomic E-state index is 12.2. The molecular weight excluding hydrogens is 388 g/mol. The van der Waals surface area contributed by atoms with Crippen molar-refractivity contribution in [2.24, 2.45) is 0 Å². The number of hydrogen-bond donors (Lipinski definition) is 1. The summed E-state index contributed by atoms with van der Waals surface area (Å²) in [4.78, 5) is 22.7.